The number of carboxylic acid groups (broad SMARTS) is 1. The first-order chi connectivity index (χ1) is 19.2. The van der Waals surface area contributed by atoms with Crippen LogP contribution in [0.5, 0.6) is 0 Å². The van der Waals surface area contributed by atoms with Gasteiger partial charge in [-0.3, -0.25) is 4.57 Å². The molecule has 0 bridgehead atoms. The Bertz CT molecular complexity index is 1630. The van der Waals surface area contributed by atoms with Gasteiger partial charge in [-0.25, -0.2) is 9.18 Å². The standard InChI is InChI=1S/C30H23Cl2FN4O2S/c1-36(2)26-15-14-24(17-25(26)29(38)39)37-28(20-4-3-5-23(33)16-20)34-35-30(37)40-27(18-6-10-21(31)11-7-18)19-8-12-22(32)13-9-19/h3-17,27H,1-2H3,(H,38,39). The minimum atomic E-state index is -1.07. The van der Waals surface area contributed by atoms with E-state index in [0.717, 1.165) is 11.1 Å². The lowest BCUT2D eigenvalue weighted by Crippen LogP contribution is -2.14. The fraction of sp³-hybridized carbons (Fsp3) is 0.100. The third-order valence-corrected chi connectivity index (χ3v) is 7.99. The molecule has 4 aromatic carbocycles. The van der Waals surface area contributed by atoms with E-state index in [9.17, 15) is 14.3 Å². The maximum atomic E-state index is 14.3. The Morgan fingerprint density at radius 1 is 0.900 bits per heavy atom. The molecule has 6 nitrogen and oxygen atoms in total. The first-order valence-corrected chi connectivity index (χ1v) is 13.8. The van der Waals surface area contributed by atoms with Crippen LogP contribution in [0.25, 0.3) is 17.1 Å². The van der Waals surface area contributed by atoms with Crippen LogP contribution in [0, 0.1) is 5.82 Å². The Balaban J connectivity index is 1.70. The van der Waals surface area contributed by atoms with Gasteiger partial charge in [0.15, 0.2) is 11.0 Å². The summed E-state index contributed by atoms with van der Waals surface area (Å²) < 4.78 is 16.0. The highest BCUT2D eigenvalue weighted by Crippen LogP contribution is 2.42. The van der Waals surface area contributed by atoms with Gasteiger partial charge in [0.25, 0.3) is 0 Å². The van der Waals surface area contributed by atoms with Gasteiger partial charge in [0.1, 0.15) is 5.82 Å². The summed E-state index contributed by atoms with van der Waals surface area (Å²) in [5, 5.41) is 20.4. The lowest BCUT2D eigenvalue weighted by Gasteiger charge is -2.20. The van der Waals surface area contributed by atoms with Gasteiger partial charge in [-0.05, 0) is 65.7 Å². The zero-order valence-electron chi connectivity index (χ0n) is 21.4. The van der Waals surface area contributed by atoms with E-state index < -0.39 is 11.8 Å². The van der Waals surface area contributed by atoms with Crippen molar-refractivity contribution in [2.45, 2.75) is 10.4 Å². The Hall–Kier alpha value is -3.85. The lowest BCUT2D eigenvalue weighted by atomic mass is 10.0. The number of aromatic carboxylic acids is 1. The average Bonchev–Trinajstić information content (AvgIpc) is 3.36. The second-order valence-corrected chi connectivity index (χ2v) is 11.1. The van der Waals surface area contributed by atoms with E-state index >= 15 is 0 Å². The van der Waals surface area contributed by atoms with Gasteiger partial charge in [0.2, 0.25) is 0 Å². The van der Waals surface area contributed by atoms with Crippen LogP contribution in [0.2, 0.25) is 10.0 Å². The van der Waals surface area contributed by atoms with Crippen molar-refractivity contribution >= 4 is 46.6 Å². The minimum absolute atomic E-state index is 0.115. The molecule has 40 heavy (non-hydrogen) atoms. The van der Waals surface area contributed by atoms with Gasteiger partial charge >= 0.3 is 5.97 Å². The predicted molar refractivity (Wildman–Crippen MR) is 159 cm³/mol. The summed E-state index contributed by atoms with van der Waals surface area (Å²) in [6, 6.07) is 26.2. The van der Waals surface area contributed by atoms with E-state index in [2.05, 4.69) is 10.2 Å². The number of rotatable bonds is 8. The minimum Gasteiger partial charge on any atom is -0.478 e. The number of aromatic nitrogens is 3. The predicted octanol–water partition coefficient (Wildman–Crippen LogP) is 8.03. The molecule has 0 aliphatic carbocycles. The number of thioether (sulfide) groups is 1. The molecule has 0 aliphatic heterocycles. The topological polar surface area (TPSA) is 71.2 Å². The molecule has 10 heteroatoms. The first kappa shape index (κ1) is 27.7. The van der Waals surface area contributed by atoms with Crippen LogP contribution in [0.15, 0.2) is 96.2 Å². The van der Waals surface area contributed by atoms with Gasteiger partial charge in [-0.2, -0.15) is 0 Å². The summed E-state index contributed by atoms with van der Waals surface area (Å²) >= 11 is 13.8. The summed E-state index contributed by atoms with van der Waals surface area (Å²) in [6.07, 6.45) is 0. The molecule has 1 N–H and O–H groups in total. The van der Waals surface area contributed by atoms with Crippen LogP contribution in [-0.2, 0) is 0 Å². The maximum absolute atomic E-state index is 14.3. The van der Waals surface area contributed by atoms with E-state index in [1.807, 2.05) is 48.5 Å². The van der Waals surface area contributed by atoms with Crippen molar-refractivity contribution in [2.75, 3.05) is 19.0 Å². The number of anilines is 1. The van der Waals surface area contributed by atoms with Crippen LogP contribution >= 0.6 is 35.0 Å². The van der Waals surface area contributed by atoms with Crippen LogP contribution in [0.1, 0.15) is 26.7 Å². The van der Waals surface area contributed by atoms with Gasteiger partial charge in [0.05, 0.1) is 22.2 Å². The average molecular weight is 594 g/mol. The molecule has 0 aliphatic rings. The highest BCUT2D eigenvalue weighted by Gasteiger charge is 2.24. The number of nitrogens with zero attached hydrogens (tertiary/aromatic N) is 4. The largest absolute Gasteiger partial charge is 0.478 e. The molecule has 5 aromatic rings. The molecular weight excluding hydrogens is 570 g/mol. The van der Waals surface area contributed by atoms with Crippen molar-refractivity contribution in [2.24, 2.45) is 0 Å². The molecule has 0 saturated heterocycles. The molecule has 5 rings (SSSR count). The van der Waals surface area contributed by atoms with E-state index in [-0.39, 0.29) is 10.8 Å². The third kappa shape index (κ3) is 5.84. The van der Waals surface area contributed by atoms with E-state index in [0.29, 0.717) is 38.0 Å². The number of benzene rings is 4. The smallest absolute Gasteiger partial charge is 0.337 e. The summed E-state index contributed by atoms with van der Waals surface area (Å²) in [4.78, 5) is 13.9. The monoisotopic (exact) mass is 592 g/mol. The summed E-state index contributed by atoms with van der Waals surface area (Å²) in [5.74, 6) is -1.11. The molecule has 1 heterocycles. The van der Waals surface area contributed by atoms with E-state index in [1.165, 1.54) is 23.9 Å². The van der Waals surface area contributed by atoms with Crippen LogP contribution in [0.3, 0.4) is 0 Å². The summed E-state index contributed by atoms with van der Waals surface area (Å²) in [5.41, 5.74) is 3.62. The van der Waals surface area contributed by atoms with Crippen molar-refractivity contribution in [1.29, 1.82) is 0 Å². The number of carbonyl (C=O) groups is 1. The number of halogens is 3. The summed E-state index contributed by atoms with van der Waals surface area (Å²) in [7, 11) is 3.56. The van der Waals surface area contributed by atoms with Gasteiger partial charge in [0, 0.05) is 29.7 Å². The molecular formula is C30H23Cl2FN4O2S. The van der Waals surface area contributed by atoms with E-state index in [1.54, 1.807) is 53.9 Å². The zero-order chi connectivity index (χ0) is 28.4. The maximum Gasteiger partial charge on any atom is 0.337 e. The Morgan fingerprint density at radius 3 is 2.08 bits per heavy atom. The fourth-order valence-corrected chi connectivity index (χ4v) is 5.76. The van der Waals surface area contributed by atoms with Gasteiger partial charge < -0.3 is 10.0 Å². The summed E-state index contributed by atoms with van der Waals surface area (Å²) in [6.45, 7) is 0. The highest BCUT2D eigenvalue weighted by molar-refractivity contribution is 7.99. The van der Waals surface area contributed by atoms with Crippen LogP contribution in [-0.4, -0.2) is 39.9 Å². The molecule has 0 unspecified atom stereocenters. The molecule has 0 saturated carbocycles. The molecule has 0 amide bonds. The fourth-order valence-electron chi connectivity index (χ4n) is 4.33. The second-order valence-electron chi connectivity index (χ2n) is 9.15. The number of hydrogen-bond acceptors (Lipinski definition) is 5. The van der Waals surface area contributed by atoms with Crippen molar-refractivity contribution in [1.82, 2.24) is 14.8 Å². The molecule has 1 aromatic heterocycles. The zero-order valence-corrected chi connectivity index (χ0v) is 23.8. The normalized spacial score (nSPS) is 11.2. The van der Waals surface area contributed by atoms with Gasteiger partial charge in [-0.15, -0.1) is 10.2 Å². The SMILES string of the molecule is CN(C)c1ccc(-n2c(SC(c3ccc(Cl)cc3)c3ccc(Cl)cc3)nnc2-c2cccc(F)c2)cc1C(=O)O. The number of hydrogen-bond donors (Lipinski definition) is 1. The molecule has 0 spiro atoms. The first-order valence-electron chi connectivity index (χ1n) is 12.2. The van der Waals surface area contributed by atoms with Crippen LogP contribution < -0.4 is 4.90 Å². The molecule has 202 valence electrons. The van der Waals surface area contributed by atoms with E-state index in [4.69, 9.17) is 23.2 Å². The van der Waals surface area contributed by atoms with Crippen molar-refractivity contribution in [3.05, 3.63) is 124 Å². The highest BCUT2D eigenvalue weighted by atomic mass is 35.5. The third-order valence-electron chi connectivity index (χ3n) is 6.24. The number of carboxylic acids is 1. The van der Waals surface area contributed by atoms with Crippen molar-refractivity contribution in [3.8, 4) is 17.1 Å². The molecule has 0 atom stereocenters. The molecule has 0 radical (unpaired) electrons. The van der Waals surface area contributed by atoms with Gasteiger partial charge in [-0.1, -0.05) is 71.4 Å². The second kappa shape index (κ2) is 11.7. The lowest BCUT2D eigenvalue weighted by molar-refractivity contribution is 0.0697. The van der Waals surface area contributed by atoms with Crippen molar-refractivity contribution < 1.29 is 14.3 Å². The Morgan fingerprint density at radius 2 is 1.52 bits per heavy atom. The van der Waals surface area contributed by atoms with Crippen molar-refractivity contribution in [3.63, 3.8) is 0 Å². The Kier molecular flexibility index (Phi) is 8.12. The van der Waals surface area contributed by atoms with Crippen LogP contribution in [0.4, 0.5) is 10.1 Å². The molecule has 0 fully saturated rings. The Labute approximate surface area is 245 Å². The quantitative estimate of drug-likeness (QED) is 0.184.